The molecule has 0 saturated carbocycles. The molecule has 0 bridgehead atoms. The molecule has 1 aromatic carbocycles. The minimum atomic E-state index is -0.556. The SMILES string of the molecule is O=C1C(=O)N(CCN2CCCCC2)c2cc(F)c(Br)cc21. The highest BCUT2D eigenvalue weighted by molar-refractivity contribution is 9.10. The van der Waals surface area contributed by atoms with Gasteiger partial charge in [0.1, 0.15) is 5.82 Å². The van der Waals surface area contributed by atoms with Gasteiger partial charge in [0.25, 0.3) is 11.7 Å². The van der Waals surface area contributed by atoms with Crippen molar-refractivity contribution in [3.8, 4) is 0 Å². The number of anilines is 1. The van der Waals surface area contributed by atoms with Gasteiger partial charge in [0, 0.05) is 13.1 Å². The van der Waals surface area contributed by atoms with Gasteiger partial charge in [-0.1, -0.05) is 6.42 Å². The minimum absolute atomic E-state index is 0.209. The molecule has 1 fully saturated rings. The topological polar surface area (TPSA) is 40.6 Å². The van der Waals surface area contributed by atoms with Crippen LogP contribution in [0.5, 0.6) is 0 Å². The van der Waals surface area contributed by atoms with Crippen molar-refractivity contribution in [3.05, 3.63) is 28.0 Å². The molecular weight excluding hydrogens is 339 g/mol. The number of rotatable bonds is 3. The Bertz CT molecular complexity index is 600. The quantitative estimate of drug-likeness (QED) is 0.783. The maximum absolute atomic E-state index is 13.7. The van der Waals surface area contributed by atoms with Crippen LogP contribution in [0.15, 0.2) is 16.6 Å². The van der Waals surface area contributed by atoms with Gasteiger partial charge in [0.2, 0.25) is 0 Å². The van der Waals surface area contributed by atoms with Gasteiger partial charge < -0.3 is 9.80 Å². The number of carbonyl (C=O) groups is 2. The number of Topliss-reactive ketones (excluding diaryl/α,β-unsaturated/α-hetero) is 1. The first-order valence-corrected chi connectivity index (χ1v) is 7.95. The van der Waals surface area contributed by atoms with Gasteiger partial charge in [-0.15, -0.1) is 0 Å². The Morgan fingerprint density at radius 3 is 2.52 bits per heavy atom. The second-order valence-corrected chi connectivity index (χ2v) is 6.33. The summed E-state index contributed by atoms with van der Waals surface area (Å²) < 4.78 is 13.9. The lowest BCUT2D eigenvalue weighted by Gasteiger charge is -2.28. The predicted octanol–water partition coefficient (Wildman–Crippen LogP) is 2.60. The van der Waals surface area contributed by atoms with E-state index in [1.165, 1.54) is 36.3 Å². The summed E-state index contributed by atoms with van der Waals surface area (Å²) in [5.74, 6) is -1.57. The highest BCUT2D eigenvalue weighted by atomic mass is 79.9. The predicted molar refractivity (Wildman–Crippen MR) is 81.1 cm³/mol. The van der Waals surface area contributed by atoms with Crippen LogP contribution in [0.4, 0.5) is 10.1 Å². The number of piperidine rings is 1. The van der Waals surface area contributed by atoms with Crippen molar-refractivity contribution in [1.82, 2.24) is 4.90 Å². The molecule has 112 valence electrons. The summed E-state index contributed by atoms with van der Waals surface area (Å²) in [6.45, 7) is 3.20. The van der Waals surface area contributed by atoms with Crippen molar-refractivity contribution in [3.63, 3.8) is 0 Å². The first kappa shape index (κ1) is 14.7. The fraction of sp³-hybridized carbons (Fsp3) is 0.467. The number of fused-ring (bicyclic) bond motifs is 1. The van der Waals surface area contributed by atoms with Crippen LogP contribution in [0.3, 0.4) is 0 Å². The molecule has 1 aromatic rings. The molecule has 3 rings (SSSR count). The normalized spacial score (nSPS) is 19.2. The average Bonchev–Trinajstić information content (AvgIpc) is 2.71. The molecular formula is C15H16BrFN2O2. The Kier molecular flexibility index (Phi) is 4.08. The van der Waals surface area contributed by atoms with Gasteiger partial charge in [-0.05, 0) is 54.0 Å². The molecule has 2 heterocycles. The summed E-state index contributed by atoms with van der Waals surface area (Å²) in [5.41, 5.74) is 0.676. The van der Waals surface area contributed by atoms with Crippen molar-refractivity contribution in [2.24, 2.45) is 0 Å². The van der Waals surface area contributed by atoms with E-state index in [4.69, 9.17) is 0 Å². The number of amides is 1. The largest absolute Gasteiger partial charge is 0.303 e. The van der Waals surface area contributed by atoms with Crippen LogP contribution >= 0.6 is 15.9 Å². The maximum atomic E-state index is 13.7. The van der Waals surface area contributed by atoms with E-state index in [0.717, 1.165) is 19.6 Å². The fourth-order valence-corrected chi connectivity index (χ4v) is 3.28. The number of likely N-dealkylation sites (tertiary alicyclic amines) is 1. The highest BCUT2D eigenvalue weighted by Gasteiger charge is 2.36. The van der Waals surface area contributed by atoms with Gasteiger partial charge >= 0.3 is 0 Å². The number of hydrogen-bond acceptors (Lipinski definition) is 3. The lowest BCUT2D eigenvalue weighted by atomic mass is 10.1. The van der Waals surface area contributed by atoms with Gasteiger partial charge in [-0.2, -0.15) is 0 Å². The van der Waals surface area contributed by atoms with E-state index in [2.05, 4.69) is 20.8 Å². The zero-order valence-corrected chi connectivity index (χ0v) is 13.2. The zero-order chi connectivity index (χ0) is 15.0. The van der Waals surface area contributed by atoms with Crippen molar-refractivity contribution >= 4 is 33.3 Å². The Balaban J connectivity index is 1.78. The lowest BCUT2D eigenvalue weighted by molar-refractivity contribution is -0.114. The minimum Gasteiger partial charge on any atom is -0.303 e. The standard InChI is InChI=1S/C15H16BrFN2O2/c16-11-8-10-13(9-12(11)17)19(15(21)14(10)20)7-6-18-4-2-1-3-5-18/h8-9H,1-7H2. The average molecular weight is 355 g/mol. The summed E-state index contributed by atoms with van der Waals surface area (Å²) in [4.78, 5) is 27.7. The second-order valence-electron chi connectivity index (χ2n) is 5.47. The molecule has 0 unspecified atom stereocenters. The molecule has 2 aliphatic heterocycles. The molecule has 0 atom stereocenters. The third kappa shape index (κ3) is 2.74. The van der Waals surface area contributed by atoms with E-state index in [1.54, 1.807) is 0 Å². The summed E-state index contributed by atoms with van der Waals surface area (Å²) >= 11 is 3.05. The first-order valence-electron chi connectivity index (χ1n) is 7.15. The van der Waals surface area contributed by atoms with E-state index in [-0.39, 0.29) is 10.0 Å². The van der Waals surface area contributed by atoms with E-state index in [9.17, 15) is 14.0 Å². The van der Waals surface area contributed by atoms with Crippen LogP contribution in [0.2, 0.25) is 0 Å². The third-order valence-electron chi connectivity index (χ3n) is 4.10. The van der Waals surface area contributed by atoms with Crippen molar-refractivity contribution < 1.29 is 14.0 Å². The van der Waals surface area contributed by atoms with Crippen LogP contribution in [0.25, 0.3) is 0 Å². The molecule has 0 N–H and O–H groups in total. The van der Waals surface area contributed by atoms with Crippen LogP contribution < -0.4 is 4.90 Å². The number of carbonyl (C=O) groups excluding carboxylic acids is 2. The molecule has 4 nitrogen and oxygen atoms in total. The summed E-state index contributed by atoms with van der Waals surface area (Å²) in [6, 6.07) is 2.66. The molecule has 2 aliphatic rings. The molecule has 6 heteroatoms. The maximum Gasteiger partial charge on any atom is 0.299 e. The highest BCUT2D eigenvalue weighted by Crippen LogP contribution is 2.33. The molecule has 21 heavy (non-hydrogen) atoms. The molecule has 1 amide bonds. The number of hydrogen-bond donors (Lipinski definition) is 0. The molecule has 0 aliphatic carbocycles. The third-order valence-corrected chi connectivity index (χ3v) is 4.71. The van der Waals surface area contributed by atoms with Crippen LogP contribution in [-0.2, 0) is 4.79 Å². The van der Waals surface area contributed by atoms with Crippen molar-refractivity contribution in [1.29, 1.82) is 0 Å². The fourth-order valence-electron chi connectivity index (χ4n) is 2.94. The summed E-state index contributed by atoms with van der Waals surface area (Å²) in [7, 11) is 0. The molecule has 0 spiro atoms. The molecule has 0 radical (unpaired) electrons. The van der Waals surface area contributed by atoms with Gasteiger partial charge in [-0.3, -0.25) is 9.59 Å². The van der Waals surface area contributed by atoms with E-state index >= 15 is 0 Å². The Hall–Kier alpha value is -1.27. The van der Waals surface area contributed by atoms with E-state index in [0.29, 0.717) is 12.2 Å². The molecule has 0 aromatic heterocycles. The van der Waals surface area contributed by atoms with Crippen LogP contribution in [0.1, 0.15) is 29.6 Å². The Labute approximate surface area is 131 Å². The van der Waals surface area contributed by atoms with Crippen LogP contribution in [0, 0.1) is 5.82 Å². The van der Waals surface area contributed by atoms with Gasteiger partial charge in [-0.25, -0.2) is 4.39 Å². The smallest absolute Gasteiger partial charge is 0.299 e. The van der Waals surface area contributed by atoms with Crippen molar-refractivity contribution in [2.45, 2.75) is 19.3 Å². The van der Waals surface area contributed by atoms with Crippen LogP contribution in [-0.4, -0.2) is 42.8 Å². The monoisotopic (exact) mass is 354 g/mol. The number of ketones is 1. The zero-order valence-electron chi connectivity index (χ0n) is 11.6. The van der Waals surface area contributed by atoms with Crippen molar-refractivity contribution in [2.75, 3.05) is 31.1 Å². The second kappa shape index (κ2) is 5.85. The molecule has 1 saturated heterocycles. The van der Waals surface area contributed by atoms with Gasteiger partial charge in [0.15, 0.2) is 0 Å². The van der Waals surface area contributed by atoms with E-state index in [1.807, 2.05) is 0 Å². The lowest BCUT2D eigenvalue weighted by Crippen LogP contribution is -2.40. The van der Waals surface area contributed by atoms with E-state index < -0.39 is 17.5 Å². The number of benzene rings is 1. The van der Waals surface area contributed by atoms with Gasteiger partial charge in [0.05, 0.1) is 15.7 Å². The first-order chi connectivity index (χ1) is 10.1. The number of nitrogens with zero attached hydrogens (tertiary/aromatic N) is 2. The Morgan fingerprint density at radius 2 is 1.81 bits per heavy atom. The number of halogens is 2. The summed E-state index contributed by atoms with van der Waals surface area (Å²) in [5, 5.41) is 0. The Morgan fingerprint density at radius 1 is 1.10 bits per heavy atom. The summed E-state index contributed by atoms with van der Waals surface area (Å²) in [6.07, 6.45) is 3.59.